The van der Waals surface area contributed by atoms with Gasteiger partial charge in [0.25, 0.3) is 0 Å². The fraction of sp³-hybridized carbons (Fsp3) is 0.300. The lowest BCUT2D eigenvalue weighted by Gasteiger charge is -2.11. The van der Waals surface area contributed by atoms with Gasteiger partial charge >= 0.3 is 0 Å². The summed E-state index contributed by atoms with van der Waals surface area (Å²) in [6.45, 7) is 0.00936. The van der Waals surface area contributed by atoms with Gasteiger partial charge in [0.15, 0.2) is 5.84 Å². The Morgan fingerprint density at radius 1 is 1.58 bits per heavy atom. The van der Waals surface area contributed by atoms with Gasteiger partial charge in [-0.25, -0.2) is 12.8 Å². The molecule has 4 N–H and O–H groups in total. The van der Waals surface area contributed by atoms with E-state index in [1.54, 1.807) is 0 Å². The van der Waals surface area contributed by atoms with E-state index in [0.29, 0.717) is 0 Å². The zero-order valence-electron chi connectivity index (χ0n) is 10.1. The number of hydrogen-bond acceptors (Lipinski definition) is 5. The Morgan fingerprint density at radius 2 is 2.26 bits per heavy atom. The zero-order valence-corrected chi connectivity index (χ0v) is 10.9. The minimum absolute atomic E-state index is 0.00936. The lowest BCUT2D eigenvalue weighted by atomic mass is 10.1. The van der Waals surface area contributed by atoms with E-state index in [2.05, 4.69) is 14.6 Å². The van der Waals surface area contributed by atoms with Gasteiger partial charge in [-0.15, -0.1) is 0 Å². The Bertz CT molecular complexity index is 574. The van der Waals surface area contributed by atoms with Crippen LogP contribution in [0.4, 0.5) is 10.1 Å². The van der Waals surface area contributed by atoms with Crippen molar-refractivity contribution in [3.8, 4) is 0 Å². The van der Waals surface area contributed by atoms with Gasteiger partial charge in [-0.3, -0.25) is 4.72 Å². The third kappa shape index (κ3) is 4.38. The van der Waals surface area contributed by atoms with Gasteiger partial charge in [0.1, 0.15) is 5.82 Å². The van der Waals surface area contributed by atoms with Gasteiger partial charge in [-0.1, -0.05) is 5.16 Å². The summed E-state index contributed by atoms with van der Waals surface area (Å²) in [4.78, 5) is 0. The van der Waals surface area contributed by atoms with Crippen molar-refractivity contribution in [2.75, 3.05) is 24.2 Å². The van der Waals surface area contributed by atoms with Crippen molar-refractivity contribution in [3.05, 3.63) is 29.6 Å². The van der Waals surface area contributed by atoms with E-state index in [1.165, 1.54) is 13.2 Å². The number of amidine groups is 1. The van der Waals surface area contributed by atoms with E-state index in [-0.39, 0.29) is 23.6 Å². The lowest BCUT2D eigenvalue weighted by molar-refractivity contribution is 0.217. The van der Waals surface area contributed by atoms with Crippen LogP contribution < -0.4 is 10.5 Å². The lowest BCUT2D eigenvalue weighted by Crippen LogP contribution is -2.23. The van der Waals surface area contributed by atoms with Gasteiger partial charge < -0.3 is 15.7 Å². The number of nitrogens with zero attached hydrogens (tertiary/aromatic N) is 1. The van der Waals surface area contributed by atoms with E-state index in [0.717, 1.165) is 12.1 Å². The first-order valence-electron chi connectivity index (χ1n) is 5.16. The smallest absolute Gasteiger partial charge is 0.235 e. The van der Waals surface area contributed by atoms with Crippen LogP contribution >= 0.6 is 0 Å². The second-order valence-electron chi connectivity index (χ2n) is 3.59. The Balaban J connectivity index is 3.08. The van der Waals surface area contributed by atoms with Crippen molar-refractivity contribution in [3.63, 3.8) is 0 Å². The highest BCUT2D eigenvalue weighted by Gasteiger charge is 2.15. The molecule has 1 aromatic rings. The summed E-state index contributed by atoms with van der Waals surface area (Å²) in [7, 11) is -2.29. The summed E-state index contributed by atoms with van der Waals surface area (Å²) >= 11 is 0. The number of anilines is 1. The molecule has 0 amide bonds. The average molecular weight is 291 g/mol. The summed E-state index contributed by atoms with van der Waals surface area (Å²) in [5.74, 6) is -1.30. The van der Waals surface area contributed by atoms with Crippen LogP contribution in [0.25, 0.3) is 0 Å². The molecule has 1 aromatic carbocycles. The number of nitrogens with one attached hydrogen (secondary N) is 1. The first-order chi connectivity index (χ1) is 8.89. The Kier molecular flexibility index (Phi) is 5.07. The first-order valence-corrected chi connectivity index (χ1v) is 6.81. The van der Waals surface area contributed by atoms with E-state index < -0.39 is 21.7 Å². The van der Waals surface area contributed by atoms with Gasteiger partial charge in [0.05, 0.1) is 18.0 Å². The number of oxime groups is 1. The van der Waals surface area contributed by atoms with Gasteiger partial charge in [0.2, 0.25) is 10.0 Å². The standard InChI is InChI=1S/C10H14FN3O4S/c1-18-4-5-19(16,17)14-9-3-2-7(11)6-8(9)10(12)13-15/h2-3,6,14-15H,4-5H2,1H3,(H2,12,13). The third-order valence-electron chi connectivity index (χ3n) is 2.19. The maximum absolute atomic E-state index is 13.1. The monoisotopic (exact) mass is 291 g/mol. The Hall–Kier alpha value is -1.87. The molecule has 0 aromatic heterocycles. The predicted octanol–water partition coefficient (Wildman–Crippen LogP) is 0.308. The maximum atomic E-state index is 13.1. The van der Waals surface area contributed by atoms with Crippen LogP contribution in [0.3, 0.4) is 0 Å². The third-order valence-corrected chi connectivity index (χ3v) is 3.42. The molecule has 9 heteroatoms. The second kappa shape index (κ2) is 6.34. The van der Waals surface area contributed by atoms with Crippen LogP contribution in [0, 0.1) is 5.82 Å². The van der Waals surface area contributed by atoms with Crippen LogP contribution in [0.2, 0.25) is 0 Å². The highest BCUT2D eigenvalue weighted by molar-refractivity contribution is 7.92. The second-order valence-corrected chi connectivity index (χ2v) is 5.43. The van der Waals surface area contributed by atoms with Gasteiger partial charge in [0, 0.05) is 12.7 Å². The van der Waals surface area contributed by atoms with Crippen molar-refractivity contribution in [2.45, 2.75) is 0 Å². The van der Waals surface area contributed by atoms with Crippen LogP contribution in [-0.4, -0.2) is 38.9 Å². The van der Waals surface area contributed by atoms with E-state index in [1.807, 2.05) is 0 Å². The van der Waals surface area contributed by atoms with Crippen LogP contribution in [-0.2, 0) is 14.8 Å². The summed E-state index contributed by atoms with van der Waals surface area (Å²) in [5, 5.41) is 11.3. The molecule has 0 fully saturated rings. The minimum atomic E-state index is -3.66. The number of benzene rings is 1. The molecule has 0 unspecified atom stereocenters. The summed E-state index contributed by atoms with van der Waals surface area (Å²) in [5.41, 5.74) is 5.33. The minimum Gasteiger partial charge on any atom is -0.409 e. The van der Waals surface area contributed by atoms with Crippen molar-refractivity contribution in [1.82, 2.24) is 0 Å². The number of methoxy groups -OCH3 is 1. The number of nitrogens with two attached hydrogens (primary N) is 1. The van der Waals surface area contributed by atoms with Crippen LogP contribution in [0.5, 0.6) is 0 Å². The molecule has 0 heterocycles. The highest BCUT2D eigenvalue weighted by atomic mass is 32.2. The van der Waals surface area contributed by atoms with Crippen molar-refractivity contribution in [1.29, 1.82) is 0 Å². The largest absolute Gasteiger partial charge is 0.409 e. The van der Waals surface area contributed by atoms with Crippen molar-refractivity contribution in [2.24, 2.45) is 10.9 Å². The highest BCUT2D eigenvalue weighted by Crippen LogP contribution is 2.18. The zero-order chi connectivity index (χ0) is 14.5. The summed E-state index contributed by atoms with van der Waals surface area (Å²) < 4.78 is 43.3. The molecule has 19 heavy (non-hydrogen) atoms. The molecule has 0 aliphatic heterocycles. The quantitative estimate of drug-likeness (QED) is 0.302. The summed E-state index contributed by atoms with van der Waals surface area (Å²) in [6.07, 6.45) is 0. The fourth-order valence-corrected chi connectivity index (χ4v) is 2.28. The van der Waals surface area contributed by atoms with Crippen LogP contribution in [0.1, 0.15) is 5.56 Å². The summed E-state index contributed by atoms with van der Waals surface area (Å²) in [6, 6.07) is 3.21. The molecular weight excluding hydrogens is 277 g/mol. The van der Waals surface area contributed by atoms with Crippen molar-refractivity contribution >= 4 is 21.5 Å². The molecule has 0 bridgehead atoms. The normalized spacial score (nSPS) is 12.4. The number of sulfonamides is 1. The molecule has 106 valence electrons. The Labute approximate surface area is 109 Å². The molecule has 0 aliphatic rings. The molecule has 0 radical (unpaired) electrons. The predicted molar refractivity (Wildman–Crippen MR) is 68.2 cm³/mol. The maximum Gasteiger partial charge on any atom is 0.235 e. The SMILES string of the molecule is COCCS(=O)(=O)Nc1ccc(F)cc1/C(N)=N/O. The molecule has 0 atom stereocenters. The Morgan fingerprint density at radius 3 is 2.84 bits per heavy atom. The number of rotatable bonds is 6. The van der Waals surface area contributed by atoms with E-state index in [4.69, 9.17) is 10.9 Å². The van der Waals surface area contributed by atoms with Gasteiger partial charge in [-0.2, -0.15) is 0 Å². The van der Waals surface area contributed by atoms with Crippen LogP contribution in [0.15, 0.2) is 23.4 Å². The first kappa shape index (κ1) is 15.2. The number of hydrogen-bond donors (Lipinski definition) is 3. The molecule has 0 saturated carbocycles. The van der Waals surface area contributed by atoms with Crippen molar-refractivity contribution < 1.29 is 22.8 Å². The topological polar surface area (TPSA) is 114 Å². The fourth-order valence-electron chi connectivity index (χ4n) is 1.28. The molecule has 0 spiro atoms. The molecule has 0 saturated heterocycles. The molecular formula is C10H14FN3O4S. The number of ether oxygens (including phenoxy) is 1. The molecule has 0 aliphatic carbocycles. The van der Waals surface area contributed by atoms with E-state index >= 15 is 0 Å². The average Bonchev–Trinajstić information content (AvgIpc) is 2.37. The number of halogens is 1. The van der Waals surface area contributed by atoms with E-state index in [9.17, 15) is 12.8 Å². The molecule has 7 nitrogen and oxygen atoms in total. The molecule has 1 rings (SSSR count). The van der Waals surface area contributed by atoms with Gasteiger partial charge in [-0.05, 0) is 18.2 Å².